The second-order valence-corrected chi connectivity index (χ2v) is 6.59. The first kappa shape index (κ1) is 17.8. The number of carbonyl (C=O) groups is 2. The van der Waals surface area contributed by atoms with E-state index in [4.69, 9.17) is 4.42 Å². The van der Waals surface area contributed by atoms with Gasteiger partial charge in [0.1, 0.15) is 11.8 Å². The minimum absolute atomic E-state index is 0.111. The second-order valence-electron chi connectivity index (χ2n) is 6.59. The molecule has 142 valence electrons. The van der Waals surface area contributed by atoms with Gasteiger partial charge in [0, 0.05) is 5.56 Å². The van der Waals surface area contributed by atoms with Gasteiger partial charge in [-0.15, -0.1) is 0 Å². The summed E-state index contributed by atoms with van der Waals surface area (Å²) in [4.78, 5) is 30.5. The van der Waals surface area contributed by atoms with Gasteiger partial charge in [-0.25, -0.2) is 18.6 Å². The molecule has 1 atom stereocenters. The molecule has 3 aromatic rings. The molecule has 0 saturated carbocycles. The highest BCUT2D eigenvalue weighted by Crippen LogP contribution is 2.31. The summed E-state index contributed by atoms with van der Waals surface area (Å²) < 4.78 is 32.2. The molecule has 1 N–H and O–H groups in total. The van der Waals surface area contributed by atoms with Crippen LogP contribution in [-0.2, 0) is 16.9 Å². The van der Waals surface area contributed by atoms with E-state index >= 15 is 0 Å². The van der Waals surface area contributed by atoms with E-state index in [0.29, 0.717) is 11.6 Å². The zero-order chi connectivity index (χ0) is 19.9. The van der Waals surface area contributed by atoms with Crippen molar-refractivity contribution in [2.24, 2.45) is 0 Å². The topological polar surface area (TPSA) is 75.4 Å². The number of benzene rings is 2. The molecule has 1 aromatic heterocycles. The van der Waals surface area contributed by atoms with Crippen LogP contribution in [0.3, 0.4) is 0 Å². The van der Waals surface area contributed by atoms with Crippen LogP contribution >= 0.6 is 0 Å². The first-order valence-corrected chi connectivity index (χ1v) is 8.48. The van der Waals surface area contributed by atoms with Crippen molar-refractivity contribution in [3.8, 4) is 11.5 Å². The summed E-state index contributed by atoms with van der Waals surface area (Å²) in [6.45, 7) is 1.33. The number of aromatic nitrogens is 1. The number of urea groups is 1. The fourth-order valence-electron chi connectivity index (χ4n) is 3.10. The Balaban J connectivity index is 1.58. The zero-order valence-corrected chi connectivity index (χ0v) is 14.8. The number of nitrogens with one attached hydrogen (secondary N) is 1. The lowest BCUT2D eigenvalue weighted by Gasteiger charge is -2.22. The van der Waals surface area contributed by atoms with Crippen molar-refractivity contribution in [3.63, 3.8) is 0 Å². The quantitative estimate of drug-likeness (QED) is 0.699. The number of carbonyl (C=O) groups excluding carboxylic acids is 2. The van der Waals surface area contributed by atoms with Crippen molar-refractivity contribution < 1.29 is 22.8 Å². The highest BCUT2D eigenvalue weighted by molar-refractivity contribution is 6.07. The molecule has 1 fully saturated rings. The van der Waals surface area contributed by atoms with E-state index in [1.807, 2.05) is 30.3 Å². The maximum atomic E-state index is 13.6. The number of hydrogen-bond acceptors (Lipinski definition) is 4. The van der Waals surface area contributed by atoms with E-state index in [1.54, 1.807) is 0 Å². The van der Waals surface area contributed by atoms with Crippen LogP contribution in [0.5, 0.6) is 0 Å². The molecule has 6 nitrogen and oxygen atoms in total. The summed E-state index contributed by atoms with van der Waals surface area (Å²) in [6.07, 6.45) is 1.37. The number of hydrogen-bond donors (Lipinski definition) is 1. The van der Waals surface area contributed by atoms with Crippen molar-refractivity contribution >= 4 is 11.9 Å². The molecule has 0 radical (unpaired) electrons. The Bertz CT molecular complexity index is 1070. The van der Waals surface area contributed by atoms with Gasteiger partial charge in [-0.3, -0.25) is 9.69 Å². The molecule has 8 heteroatoms. The molecule has 0 spiro atoms. The average molecular weight is 383 g/mol. The summed E-state index contributed by atoms with van der Waals surface area (Å²) >= 11 is 0. The monoisotopic (exact) mass is 383 g/mol. The number of halogens is 2. The molecule has 0 aliphatic carbocycles. The molecule has 0 bridgehead atoms. The number of amides is 3. The predicted octanol–water partition coefficient (Wildman–Crippen LogP) is 3.59. The van der Waals surface area contributed by atoms with Crippen LogP contribution in [0, 0.1) is 11.6 Å². The smallest absolute Gasteiger partial charge is 0.325 e. The molecular weight excluding hydrogens is 368 g/mol. The van der Waals surface area contributed by atoms with E-state index in [1.165, 1.54) is 19.3 Å². The SMILES string of the molecule is CC1(c2ccc(F)c(F)c2)NC(=O)N(Cc2coc(-c3ccccc3)n2)C1=O. The third-order valence-corrected chi connectivity index (χ3v) is 4.66. The fourth-order valence-corrected chi connectivity index (χ4v) is 3.10. The molecule has 1 aliphatic heterocycles. The highest BCUT2D eigenvalue weighted by Gasteiger charge is 2.49. The van der Waals surface area contributed by atoms with Crippen LogP contribution in [0.25, 0.3) is 11.5 Å². The Morgan fingerprint density at radius 2 is 1.86 bits per heavy atom. The molecular formula is C20H15F2N3O3. The van der Waals surface area contributed by atoms with Crippen molar-refractivity contribution in [2.45, 2.75) is 19.0 Å². The van der Waals surface area contributed by atoms with Gasteiger partial charge < -0.3 is 9.73 Å². The molecule has 4 rings (SSSR count). The Morgan fingerprint density at radius 1 is 1.11 bits per heavy atom. The lowest BCUT2D eigenvalue weighted by Crippen LogP contribution is -2.41. The van der Waals surface area contributed by atoms with Crippen LogP contribution < -0.4 is 5.32 Å². The van der Waals surface area contributed by atoms with Crippen molar-refractivity contribution in [1.82, 2.24) is 15.2 Å². The van der Waals surface area contributed by atoms with Crippen molar-refractivity contribution in [3.05, 3.63) is 77.7 Å². The standard InChI is InChI=1S/C20H15F2N3O3/c1-20(13-7-8-15(21)16(22)9-13)18(26)25(19(27)24-20)10-14-11-28-17(23-14)12-5-3-2-4-6-12/h2-9,11H,10H2,1H3,(H,24,27). The minimum Gasteiger partial charge on any atom is -0.444 e. The van der Waals surface area contributed by atoms with Crippen LogP contribution in [0.4, 0.5) is 13.6 Å². The van der Waals surface area contributed by atoms with E-state index in [0.717, 1.165) is 22.6 Å². The maximum Gasteiger partial charge on any atom is 0.325 e. The Hall–Kier alpha value is -3.55. The van der Waals surface area contributed by atoms with Crippen LogP contribution in [0.15, 0.2) is 59.2 Å². The van der Waals surface area contributed by atoms with E-state index < -0.39 is 29.1 Å². The van der Waals surface area contributed by atoms with Gasteiger partial charge in [0.15, 0.2) is 11.6 Å². The zero-order valence-electron chi connectivity index (χ0n) is 14.8. The predicted molar refractivity (Wildman–Crippen MR) is 94.7 cm³/mol. The third kappa shape index (κ3) is 2.92. The van der Waals surface area contributed by atoms with Crippen molar-refractivity contribution in [2.75, 3.05) is 0 Å². The molecule has 1 saturated heterocycles. The second kappa shape index (κ2) is 6.56. The fraction of sp³-hybridized carbons (Fsp3) is 0.150. The molecule has 3 amide bonds. The Morgan fingerprint density at radius 3 is 2.57 bits per heavy atom. The number of oxazole rings is 1. The lowest BCUT2D eigenvalue weighted by atomic mass is 9.92. The van der Waals surface area contributed by atoms with Gasteiger partial charge in [-0.1, -0.05) is 24.3 Å². The Kier molecular flexibility index (Phi) is 4.18. The first-order chi connectivity index (χ1) is 13.4. The molecule has 1 unspecified atom stereocenters. The van der Waals surface area contributed by atoms with Crippen molar-refractivity contribution in [1.29, 1.82) is 0 Å². The van der Waals surface area contributed by atoms with Gasteiger partial charge in [0.2, 0.25) is 5.89 Å². The largest absolute Gasteiger partial charge is 0.444 e. The van der Waals surface area contributed by atoms with Gasteiger partial charge >= 0.3 is 6.03 Å². The van der Waals surface area contributed by atoms with Crippen LogP contribution in [0.2, 0.25) is 0 Å². The third-order valence-electron chi connectivity index (χ3n) is 4.66. The van der Waals surface area contributed by atoms with Crippen LogP contribution in [0.1, 0.15) is 18.2 Å². The average Bonchev–Trinajstić information content (AvgIpc) is 3.24. The lowest BCUT2D eigenvalue weighted by molar-refractivity contribution is -0.131. The van der Waals surface area contributed by atoms with E-state index in [-0.39, 0.29) is 12.1 Å². The summed E-state index contributed by atoms with van der Waals surface area (Å²) in [5.41, 5.74) is -0.204. The normalized spacial score (nSPS) is 19.2. The molecule has 28 heavy (non-hydrogen) atoms. The molecule has 2 aromatic carbocycles. The van der Waals surface area contributed by atoms with E-state index in [2.05, 4.69) is 10.3 Å². The minimum atomic E-state index is -1.50. The van der Waals surface area contributed by atoms with E-state index in [9.17, 15) is 18.4 Å². The highest BCUT2D eigenvalue weighted by atomic mass is 19.2. The summed E-state index contributed by atoms with van der Waals surface area (Å²) in [5, 5.41) is 2.54. The summed E-state index contributed by atoms with van der Waals surface area (Å²) in [5.74, 6) is -2.35. The number of nitrogens with zero attached hydrogens (tertiary/aromatic N) is 2. The van der Waals surface area contributed by atoms with Crippen LogP contribution in [-0.4, -0.2) is 21.8 Å². The summed E-state index contributed by atoms with van der Waals surface area (Å²) in [7, 11) is 0. The van der Waals surface area contributed by atoms with Gasteiger partial charge in [-0.2, -0.15) is 0 Å². The first-order valence-electron chi connectivity index (χ1n) is 8.48. The van der Waals surface area contributed by atoms with Gasteiger partial charge in [0.05, 0.1) is 12.2 Å². The number of imide groups is 1. The summed E-state index contributed by atoms with van der Waals surface area (Å²) in [6, 6.07) is 11.6. The van der Waals surface area contributed by atoms with Gasteiger partial charge in [0.25, 0.3) is 5.91 Å². The van der Waals surface area contributed by atoms with Gasteiger partial charge in [-0.05, 0) is 36.8 Å². The number of rotatable bonds is 4. The molecule has 1 aliphatic rings. The maximum absolute atomic E-state index is 13.6. The molecule has 2 heterocycles. The Labute approximate surface area is 158 Å².